The highest BCUT2D eigenvalue weighted by atomic mass is 32.1. The van der Waals surface area contributed by atoms with Crippen LogP contribution in [0.2, 0.25) is 0 Å². The zero-order valence-corrected chi connectivity index (χ0v) is 17.7. The molecule has 2 amide bonds. The summed E-state index contributed by atoms with van der Waals surface area (Å²) < 4.78 is 10.5. The van der Waals surface area contributed by atoms with Crippen LogP contribution in [0.5, 0.6) is 5.75 Å². The lowest BCUT2D eigenvalue weighted by Crippen LogP contribution is -2.46. The van der Waals surface area contributed by atoms with E-state index in [1.54, 1.807) is 49.6 Å². The summed E-state index contributed by atoms with van der Waals surface area (Å²) in [7, 11) is 0. The zero-order valence-electron chi connectivity index (χ0n) is 16.9. The normalized spacial score (nSPS) is 11.3. The standard InChI is InChI=1S/C21H23N3O5S/c1-4-28-16-8-6-5-7-15(16)19(26)24-18(13(2)3)21(27)29-12-17(25)23-20-14(11-22)9-10-30-20/h5-10,13,18H,4,12H2,1-3H3,(H,23,25)(H,24,26). The number of ether oxygens (including phenoxy) is 2. The van der Waals surface area contributed by atoms with Crippen molar-refractivity contribution in [1.82, 2.24) is 5.32 Å². The number of hydrogen-bond donors (Lipinski definition) is 2. The number of amides is 2. The number of carbonyl (C=O) groups is 3. The molecule has 0 saturated carbocycles. The summed E-state index contributed by atoms with van der Waals surface area (Å²) in [5.41, 5.74) is 0.636. The van der Waals surface area contributed by atoms with Crippen LogP contribution in [0.3, 0.4) is 0 Å². The third-order valence-electron chi connectivity index (χ3n) is 4.02. The first-order valence-corrected chi connectivity index (χ1v) is 10.2. The molecule has 1 heterocycles. The van der Waals surface area contributed by atoms with Crippen LogP contribution in [-0.2, 0) is 14.3 Å². The topological polar surface area (TPSA) is 118 Å². The maximum absolute atomic E-state index is 12.7. The van der Waals surface area contributed by atoms with Gasteiger partial charge >= 0.3 is 5.97 Å². The number of nitrogens with one attached hydrogen (secondary N) is 2. The molecule has 30 heavy (non-hydrogen) atoms. The van der Waals surface area contributed by atoms with E-state index in [-0.39, 0.29) is 5.92 Å². The van der Waals surface area contributed by atoms with E-state index in [9.17, 15) is 14.4 Å². The van der Waals surface area contributed by atoms with Gasteiger partial charge in [-0.25, -0.2) is 4.79 Å². The molecule has 1 atom stereocenters. The van der Waals surface area contributed by atoms with E-state index in [1.165, 1.54) is 11.3 Å². The molecule has 2 rings (SSSR count). The molecule has 0 radical (unpaired) electrons. The second-order valence-corrected chi connectivity index (χ2v) is 7.47. The lowest BCUT2D eigenvalue weighted by Gasteiger charge is -2.21. The van der Waals surface area contributed by atoms with Crippen molar-refractivity contribution in [2.75, 3.05) is 18.5 Å². The Morgan fingerprint density at radius 2 is 1.93 bits per heavy atom. The van der Waals surface area contributed by atoms with Gasteiger partial charge in [0.25, 0.3) is 11.8 Å². The summed E-state index contributed by atoms with van der Waals surface area (Å²) in [6.45, 7) is 5.18. The first kappa shape index (κ1) is 22.9. The van der Waals surface area contributed by atoms with Crippen molar-refractivity contribution in [1.29, 1.82) is 5.26 Å². The van der Waals surface area contributed by atoms with Crippen LogP contribution < -0.4 is 15.4 Å². The fourth-order valence-corrected chi connectivity index (χ4v) is 3.29. The van der Waals surface area contributed by atoms with E-state index in [2.05, 4.69) is 10.6 Å². The van der Waals surface area contributed by atoms with Gasteiger partial charge < -0.3 is 20.1 Å². The molecule has 2 aromatic rings. The number of anilines is 1. The van der Waals surface area contributed by atoms with Gasteiger partial charge in [-0.2, -0.15) is 5.26 Å². The van der Waals surface area contributed by atoms with Crippen molar-refractivity contribution in [3.8, 4) is 11.8 Å². The monoisotopic (exact) mass is 429 g/mol. The second-order valence-electron chi connectivity index (χ2n) is 6.56. The van der Waals surface area contributed by atoms with Crippen molar-refractivity contribution < 1.29 is 23.9 Å². The zero-order chi connectivity index (χ0) is 22.1. The Bertz CT molecular complexity index is 948. The largest absolute Gasteiger partial charge is 0.493 e. The van der Waals surface area contributed by atoms with Crippen LogP contribution in [0.25, 0.3) is 0 Å². The van der Waals surface area contributed by atoms with Crippen molar-refractivity contribution in [2.45, 2.75) is 26.8 Å². The van der Waals surface area contributed by atoms with Gasteiger partial charge in [0.05, 0.1) is 17.7 Å². The minimum Gasteiger partial charge on any atom is -0.493 e. The first-order chi connectivity index (χ1) is 14.4. The van der Waals surface area contributed by atoms with Crippen molar-refractivity contribution in [3.05, 3.63) is 46.8 Å². The highest BCUT2D eigenvalue weighted by molar-refractivity contribution is 7.14. The number of rotatable bonds is 9. The van der Waals surface area contributed by atoms with Gasteiger partial charge in [-0.3, -0.25) is 9.59 Å². The fraction of sp³-hybridized carbons (Fsp3) is 0.333. The van der Waals surface area contributed by atoms with E-state index in [1.807, 2.05) is 13.0 Å². The van der Waals surface area contributed by atoms with Crippen LogP contribution in [-0.4, -0.2) is 37.0 Å². The van der Waals surface area contributed by atoms with Gasteiger partial charge in [-0.1, -0.05) is 26.0 Å². The van der Waals surface area contributed by atoms with E-state index in [0.717, 1.165) is 0 Å². The van der Waals surface area contributed by atoms with Crippen molar-refractivity contribution in [3.63, 3.8) is 0 Å². The Morgan fingerprint density at radius 3 is 2.60 bits per heavy atom. The van der Waals surface area contributed by atoms with E-state index < -0.39 is 30.4 Å². The summed E-state index contributed by atoms with van der Waals surface area (Å²) in [6, 6.07) is 9.31. The molecule has 1 unspecified atom stereocenters. The van der Waals surface area contributed by atoms with E-state index in [0.29, 0.717) is 28.5 Å². The molecule has 1 aromatic carbocycles. The summed E-state index contributed by atoms with van der Waals surface area (Å²) >= 11 is 1.20. The van der Waals surface area contributed by atoms with E-state index >= 15 is 0 Å². The average molecular weight is 429 g/mol. The van der Waals surface area contributed by atoms with Gasteiger partial charge in [-0.05, 0) is 36.4 Å². The van der Waals surface area contributed by atoms with Crippen LogP contribution in [0.15, 0.2) is 35.7 Å². The molecule has 0 aliphatic carbocycles. The average Bonchev–Trinajstić information content (AvgIpc) is 3.17. The predicted octanol–water partition coefficient (Wildman–Crippen LogP) is 2.95. The summed E-state index contributed by atoms with van der Waals surface area (Å²) in [6.07, 6.45) is 0. The minimum atomic E-state index is -0.948. The number of nitriles is 1. The molecule has 9 heteroatoms. The summed E-state index contributed by atoms with van der Waals surface area (Å²) in [5.74, 6) is -1.63. The highest BCUT2D eigenvalue weighted by Gasteiger charge is 2.27. The molecular weight excluding hydrogens is 406 g/mol. The van der Waals surface area contributed by atoms with Crippen molar-refractivity contribution >= 4 is 34.1 Å². The molecule has 1 aromatic heterocycles. The first-order valence-electron chi connectivity index (χ1n) is 9.34. The molecular formula is C21H23N3O5S. The number of benzene rings is 1. The number of nitrogens with zero attached hydrogens (tertiary/aromatic N) is 1. The van der Waals surface area contributed by atoms with Crippen molar-refractivity contribution in [2.24, 2.45) is 5.92 Å². The molecule has 0 aliphatic rings. The Morgan fingerprint density at radius 1 is 1.20 bits per heavy atom. The number of carbonyl (C=O) groups excluding carboxylic acids is 3. The lowest BCUT2D eigenvalue weighted by atomic mass is 10.0. The number of esters is 1. The summed E-state index contributed by atoms with van der Waals surface area (Å²) in [4.78, 5) is 37.2. The molecule has 0 saturated heterocycles. The Labute approximate surface area is 178 Å². The summed E-state index contributed by atoms with van der Waals surface area (Å²) in [5, 5.41) is 16.2. The van der Waals surface area contributed by atoms with Gasteiger partial charge in [0.15, 0.2) is 6.61 Å². The SMILES string of the molecule is CCOc1ccccc1C(=O)NC(C(=O)OCC(=O)Nc1sccc1C#N)C(C)C. The molecule has 8 nitrogen and oxygen atoms in total. The highest BCUT2D eigenvalue weighted by Crippen LogP contribution is 2.22. The van der Waals surface area contributed by atoms with Crippen LogP contribution in [0, 0.1) is 17.2 Å². The molecule has 2 N–H and O–H groups in total. The number of para-hydroxylation sites is 1. The third-order valence-corrected chi connectivity index (χ3v) is 4.85. The van der Waals surface area contributed by atoms with Gasteiger partial charge in [0, 0.05) is 0 Å². The minimum absolute atomic E-state index is 0.272. The van der Waals surface area contributed by atoms with Gasteiger partial charge in [0.1, 0.15) is 22.9 Å². The molecule has 0 fully saturated rings. The molecule has 0 bridgehead atoms. The van der Waals surface area contributed by atoms with Crippen LogP contribution in [0.1, 0.15) is 36.7 Å². The third kappa shape index (κ3) is 6.06. The number of thiophene rings is 1. The Hall–Kier alpha value is -3.38. The quantitative estimate of drug-likeness (QED) is 0.592. The maximum Gasteiger partial charge on any atom is 0.329 e. The molecule has 158 valence electrons. The van der Waals surface area contributed by atoms with Crippen LogP contribution >= 0.6 is 11.3 Å². The number of hydrogen-bond acceptors (Lipinski definition) is 7. The Kier molecular flexibility index (Phi) is 8.38. The molecule has 0 aliphatic heterocycles. The van der Waals surface area contributed by atoms with E-state index in [4.69, 9.17) is 14.7 Å². The van der Waals surface area contributed by atoms with Crippen LogP contribution in [0.4, 0.5) is 5.00 Å². The maximum atomic E-state index is 12.7. The lowest BCUT2D eigenvalue weighted by molar-refractivity contribution is -0.150. The van der Waals surface area contributed by atoms with Gasteiger partial charge in [-0.15, -0.1) is 11.3 Å². The predicted molar refractivity (Wildman–Crippen MR) is 112 cm³/mol. The van der Waals surface area contributed by atoms with Gasteiger partial charge in [0.2, 0.25) is 0 Å². The fourth-order valence-electron chi connectivity index (χ4n) is 2.54. The Balaban J connectivity index is 1.99. The molecule has 0 spiro atoms. The second kappa shape index (κ2) is 11.0. The smallest absolute Gasteiger partial charge is 0.329 e.